The van der Waals surface area contributed by atoms with Gasteiger partial charge in [0.25, 0.3) is 0 Å². The van der Waals surface area contributed by atoms with E-state index in [2.05, 4.69) is 23.8 Å². The van der Waals surface area contributed by atoms with Gasteiger partial charge >= 0.3 is 0 Å². The zero-order valence-electron chi connectivity index (χ0n) is 11.4. The van der Waals surface area contributed by atoms with Crippen molar-refractivity contribution in [2.75, 3.05) is 6.61 Å². The molecule has 1 aromatic carbocycles. The number of aromatic nitrogens is 2. The SMILES string of the molecule is CC(C)c1cc(=S)nc(C2COc3ccccc3O2)[nH]1. The molecule has 0 radical (unpaired) electrons. The summed E-state index contributed by atoms with van der Waals surface area (Å²) in [6.07, 6.45) is -0.259. The Hall–Kier alpha value is -1.88. The van der Waals surface area contributed by atoms with Gasteiger partial charge < -0.3 is 14.5 Å². The second-order valence-electron chi connectivity index (χ2n) is 5.08. The molecule has 1 aliphatic heterocycles. The summed E-state index contributed by atoms with van der Waals surface area (Å²) in [4.78, 5) is 7.67. The molecular formula is C15H16N2O2S. The number of nitrogens with zero attached hydrogens (tertiary/aromatic N) is 1. The molecule has 0 bridgehead atoms. The summed E-state index contributed by atoms with van der Waals surface area (Å²) < 4.78 is 12.2. The number of fused-ring (bicyclic) bond motifs is 1. The van der Waals surface area contributed by atoms with Crippen LogP contribution >= 0.6 is 12.2 Å². The fourth-order valence-corrected chi connectivity index (χ4v) is 2.34. The van der Waals surface area contributed by atoms with Crippen LogP contribution in [0.4, 0.5) is 0 Å². The van der Waals surface area contributed by atoms with Gasteiger partial charge in [0.05, 0.1) is 0 Å². The second-order valence-corrected chi connectivity index (χ2v) is 5.50. The van der Waals surface area contributed by atoms with Gasteiger partial charge in [0, 0.05) is 5.69 Å². The van der Waals surface area contributed by atoms with Crippen molar-refractivity contribution in [2.45, 2.75) is 25.9 Å². The average Bonchev–Trinajstić information content (AvgIpc) is 2.46. The number of H-pyrrole nitrogens is 1. The maximum atomic E-state index is 5.94. The Kier molecular flexibility index (Phi) is 3.44. The van der Waals surface area contributed by atoms with Crippen molar-refractivity contribution in [3.05, 3.63) is 46.5 Å². The molecule has 2 heterocycles. The maximum absolute atomic E-state index is 5.94. The van der Waals surface area contributed by atoms with E-state index in [-0.39, 0.29) is 6.10 Å². The molecule has 4 nitrogen and oxygen atoms in total. The number of ether oxygens (including phenoxy) is 2. The first kappa shape index (κ1) is 13.1. The molecule has 1 aromatic heterocycles. The van der Waals surface area contributed by atoms with E-state index in [9.17, 15) is 0 Å². The molecule has 1 N–H and O–H groups in total. The third kappa shape index (κ3) is 2.54. The first-order chi connectivity index (χ1) is 9.63. The van der Waals surface area contributed by atoms with E-state index in [0.717, 1.165) is 23.0 Å². The van der Waals surface area contributed by atoms with Gasteiger partial charge in [-0.1, -0.05) is 38.2 Å². The van der Waals surface area contributed by atoms with Crippen molar-refractivity contribution in [1.29, 1.82) is 0 Å². The Bertz CT molecular complexity index is 682. The summed E-state index contributed by atoms with van der Waals surface area (Å²) in [5.41, 5.74) is 1.06. The van der Waals surface area contributed by atoms with E-state index < -0.39 is 0 Å². The molecule has 1 atom stereocenters. The first-order valence-corrected chi connectivity index (χ1v) is 7.04. The zero-order chi connectivity index (χ0) is 14.1. The van der Waals surface area contributed by atoms with Crippen LogP contribution in [0, 0.1) is 4.64 Å². The highest BCUT2D eigenvalue weighted by Gasteiger charge is 2.24. The van der Waals surface area contributed by atoms with Crippen molar-refractivity contribution < 1.29 is 9.47 Å². The van der Waals surface area contributed by atoms with Gasteiger partial charge in [0.1, 0.15) is 11.2 Å². The first-order valence-electron chi connectivity index (χ1n) is 6.63. The number of para-hydroxylation sites is 2. The van der Waals surface area contributed by atoms with Gasteiger partial charge in [-0.25, -0.2) is 4.98 Å². The van der Waals surface area contributed by atoms with Crippen LogP contribution in [0.2, 0.25) is 0 Å². The monoisotopic (exact) mass is 288 g/mol. The van der Waals surface area contributed by atoms with Crippen LogP contribution < -0.4 is 9.47 Å². The topological polar surface area (TPSA) is 47.1 Å². The van der Waals surface area contributed by atoms with Gasteiger partial charge in [0.2, 0.25) is 0 Å². The van der Waals surface area contributed by atoms with Crippen molar-refractivity contribution in [1.82, 2.24) is 9.97 Å². The predicted molar refractivity (Wildman–Crippen MR) is 78.8 cm³/mol. The number of hydrogen-bond acceptors (Lipinski definition) is 4. The molecule has 0 saturated carbocycles. The molecule has 0 fully saturated rings. The minimum atomic E-state index is -0.259. The molecule has 1 unspecified atom stereocenters. The normalized spacial score (nSPS) is 17.2. The largest absolute Gasteiger partial charge is 0.485 e. The number of aromatic amines is 1. The van der Waals surface area contributed by atoms with Crippen molar-refractivity contribution in [2.24, 2.45) is 0 Å². The lowest BCUT2D eigenvalue weighted by atomic mass is 10.1. The Labute approximate surface area is 122 Å². The predicted octanol–water partition coefficient (Wildman–Crippen LogP) is 3.78. The quantitative estimate of drug-likeness (QED) is 0.854. The van der Waals surface area contributed by atoms with Gasteiger partial charge in [0.15, 0.2) is 23.4 Å². The molecule has 0 saturated heterocycles. The summed E-state index contributed by atoms with van der Waals surface area (Å²) in [5, 5.41) is 0. The van der Waals surface area contributed by atoms with Gasteiger partial charge in [-0.3, -0.25) is 0 Å². The molecule has 1 aliphatic rings. The summed E-state index contributed by atoms with van der Waals surface area (Å²) in [5.74, 6) is 2.58. The number of hydrogen-bond donors (Lipinski definition) is 1. The summed E-state index contributed by atoms with van der Waals surface area (Å²) in [6.45, 7) is 4.65. The summed E-state index contributed by atoms with van der Waals surface area (Å²) in [6, 6.07) is 9.52. The highest BCUT2D eigenvalue weighted by Crippen LogP contribution is 2.35. The Morgan fingerprint density at radius 3 is 2.80 bits per heavy atom. The van der Waals surface area contributed by atoms with E-state index in [1.165, 1.54) is 0 Å². The smallest absolute Gasteiger partial charge is 0.190 e. The average molecular weight is 288 g/mol. The molecule has 20 heavy (non-hydrogen) atoms. The minimum absolute atomic E-state index is 0.259. The summed E-state index contributed by atoms with van der Waals surface area (Å²) >= 11 is 5.23. The van der Waals surface area contributed by atoms with Crippen LogP contribution in [0.5, 0.6) is 11.5 Å². The lowest BCUT2D eigenvalue weighted by Gasteiger charge is -2.26. The van der Waals surface area contributed by atoms with Crippen LogP contribution in [-0.4, -0.2) is 16.6 Å². The molecule has 0 spiro atoms. The van der Waals surface area contributed by atoms with Gasteiger partial charge in [-0.05, 0) is 24.1 Å². The summed E-state index contributed by atoms with van der Waals surface area (Å²) in [7, 11) is 0. The third-order valence-electron chi connectivity index (χ3n) is 3.22. The van der Waals surface area contributed by atoms with E-state index in [4.69, 9.17) is 21.7 Å². The van der Waals surface area contributed by atoms with Crippen LogP contribution in [0.15, 0.2) is 30.3 Å². The fraction of sp³-hybridized carbons (Fsp3) is 0.333. The van der Waals surface area contributed by atoms with Gasteiger partial charge in [-0.2, -0.15) is 0 Å². The number of benzene rings is 1. The molecule has 5 heteroatoms. The van der Waals surface area contributed by atoms with Crippen LogP contribution in [0.3, 0.4) is 0 Å². The van der Waals surface area contributed by atoms with Crippen molar-refractivity contribution in [3.8, 4) is 11.5 Å². The van der Waals surface area contributed by atoms with Crippen LogP contribution in [0.25, 0.3) is 0 Å². The molecule has 0 amide bonds. The number of rotatable bonds is 2. The molecular weight excluding hydrogens is 272 g/mol. The van der Waals surface area contributed by atoms with Crippen molar-refractivity contribution >= 4 is 12.2 Å². The third-order valence-corrected chi connectivity index (χ3v) is 3.43. The molecule has 2 aromatic rings. The Balaban J connectivity index is 1.93. The lowest BCUT2D eigenvalue weighted by Crippen LogP contribution is -2.24. The number of nitrogens with one attached hydrogen (secondary N) is 1. The molecule has 0 aliphatic carbocycles. The van der Waals surface area contributed by atoms with Crippen molar-refractivity contribution in [3.63, 3.8) is 0 Å². The second kappa shape index (κ2) is 5.25. The standard InChI is InChI=1S/C15H16N2O2S/c1-9(2)10-7-14(20)17-15(16-10)13-8-18-11-5-3-4-6-12(11)19-13/h3-7,9,13H,8H2,1-2H3,(H,16,17,20). The van der Waals surface area contributed by atoms with E-state index in [1.807, 2.05) is 30.3 Å². The fourth-order valence-electron chi connectivity index (χ4n) is 2.11. The highest BCUT2D eigenvalue weighted by molar-refractivity contribution is 7.71. The van der Waals surface area contributed by atoms with E-state index in [1.54, 1.807) is 0 Å². The van der Waals surface area contributed by atoms with E-state index >= 15 is 0 Å². The van der Waals surface area contributed by atoms with Crippen LogP contribution in [-0.2, 0) is 0 Å². The molecule has 104 valence electrons. The van der Waals surface area contributed by atoms with Gasteiger partial charge in [-0.15, -0.1) is 0 Å². The van der Waals surface area contributed by atoms with Crippen LogP contribution in [0.1, 0.15) is 37.4 Å². The van der Waals surface area contributed by atoms with E-state index in [0.29, 0.717) is 17.2 Å². The Morgan fingerprint density at radius 1 is 1.30 bits per heavy atom. The lowest BCUT2D eigenvalue weighted by molar-refractivity contribution is 0.0847. The Morgan fingerprint density at radius 2 is 2.05 bits per heavy atom. The highest BCUT2D eigenvalue weighted by atomic mass is 32.1. The zero-order valence-corrected chi connectivity index (χ0v) is 12.2. The molecule has 3 rings (SSSR count). The maximum Gasteiger partial charge on any atom is 0.190 e. The minimum Gasteiger partial charge on any atom is -0.485 e.